The summed E-state index contributed by atoms with van der Waals surface area (Å²) < 4.78 is 10.1. The van der Waals surface area contributed by atoms with Crippen molar-refractivity contribution in [3.8, 4) is 0 Å². The number of carbonyl (C=O) groups is 1. The molecule has 3 heterocycles. The molecule has 4 rings (SSSR count). The van der Waals surface area contributed by atoms with Crippen LogP contribution in [0.1, 0.15) is 43.1 Å². The SMILES string of the molecule is COCCNC(=O)c1cc(Nc2nc(NC3CCC(C)(O)CC3)c3sccc3n2)sn1. The van der Waals surface area contributed by atoms with Crippen LogP contribution in [0.2, 0.25) is 0 Å². The van der Waals surface area contributed by atoms with Gasteiger partial charge < -0.3 is 25.8 Å². The molecule has 0 aromatic carbocycles. The first-order chi connectivity index (χ1) is 14.9. The number of thiophene rings is 1. The predicted molar refractivity (Wildman–Crippen MR) is 124 cm³/mol. The summed E-state index contributed by atoms with van der Waals surface area (Å²) in [5.74, 6) is 0.994. The molecule has 9 nitrogen and oxygen atoms in total. The summed E-state index contributed by atoms with van der Waals surface area (Å²) in [6, 6.07) is 3.91. The molecule has 0 atom stereocenters. The van der Waals surface area contributed by atoms with Crippen molar-refractivity contribution in [1.29, 1.82) is 0 Å². The zero-order chi connectivity index (χ0) is 21.8. The van der Waals surface area contributed by atoms with E-state index in [0.717, 1.165) is 41.7 Å². The van der Waals surface area contributed by atoms with Crippen LogP contribution in [0, 0.1) is 0 Å². The maximum absolute atomic E-state index is 12.1. The molecule has 3 aromatic rings. The number of hydrogen-bond donors (Lipinski definition) is 4. The zero-order valence-corrected chi connectivity index (χ0v) is 19.1. The summed E-state index contributed by atoms with van der Waals surface area (Å²) >= 11 is 2.78. The van der Waals surface area contributed by atoms with Crippen molar-refractivity contribution in [2.45, 2.75) is 44.2 Å². The van der Waals surface area contributed by atoms with Gasteiger partial charge in [-0.05, 0) is 55.6 Å². The van der Waals surface area contributed by atoms with Crippen LogP contribution in [0.3, 0.4) is 0 Å². The van der Waals surface area contributed by atoms with Gasteiger partial charge in [0.15, 0.2) is 0 Å². The summed E-state index contributed by atoms with van der Waals surface area (Å²) in [5, 5.41) is 22.4. The number of nitrogens with zero attached hydrogens (tertiary/aromatic N) is 3. The second-order valence-electron chi connectivity index (χ2n) is 7.90. The van der Waals surface area contributed by atoms with E-state index in [4.69, 9.17) is 9.72 Å². The van der Waals surface area contributed by atoms with E-state index in [-0.39, 0.29) is 11.9 Å². The number of ether oxygens (including phenoxy) is 1. The van der Waals surface area contributed by atoms with Crippen molar-refractivity contribution in [1.82, 2.24) is 19.7 Å². The highest BCUT2D eigenvalue weighted by Crippen LogP contribution is 2.33. The Labute approximate surface area is 188 Å². The Morgan fingerprint density at radius 1 is 1.35 bits per heavy atom. The van der Waals surface area contributed by atoms with Gasteiger partial charge in [-0.15, -0.1) is 11.3 Å². The quantitative estimate of drug-likeness (QED) is 0.376. The highest BCUT2D eigenvalue weighted by Gasteiger charge is 2.29. The average molecular weight is 463 g/mol. The summed E-state index contributed by atoms with van der Waals surface area (Å²) in [7, 11) is 1.59. The van der Waals surface area contributed by atoms with E-state index in [0.29, 0.717) is 29.8 Å². The van der Waals surface area contributed by atoms with Crippen LogP contribution in [0.25, 0.3) is 10.2 Å². The third kappa shape index (κ3) is 5.48. The lowest BCUT2D eigenvalue weighted by Crippen LogP contribution is -2.35. The van der Waals surface area contributed by atoms with E-state index in [1.165, 1.54) is 11.5 Å². The molecule has 0 aliphatic heterocycles. The molecule has 3 aromatic heterocycles. The third-order valence-corrected chi connectivity index (χ3v) is 6.89. The first-order valence-corrected chi connectivity index (χ1v) is 11.8. The van der Waals surface area contributed by atoms with Crippen LogP contribution in [-0.2, 0) is 4.74 Å². The second kappa shape index (κ2) is 9.43. The Morgan fingerprint density at radius 3 is 2.94 bits per heavy atom. The number of fused-ring (bicyclic) bond motifs is 1. The molecule has 0 spiro atoms. The lowest BCUT2D eigenvalue weighted by molar-refractivity contribution is 0.0196. The molecule has 1 amide bonds. The average Bonchev–Trinajstić information content (AvgIpc) is 3.39. The van der Waals surface area contributed by atoms with Crippen LogP contribution in [0.4, 0.5) is 16.8 Å². The molecule has 0 bridgehead atoms. The molecule has 1 saturated carbocycles. The third-order valence-electron chi connectivity index (χ3n) is 5.28. The predicted octanol–water partition coefficient (Wildman–Crippen LogP) is 3.37. The normalized spacial score (nSPS) is 21.2. The Hall–Kier alpha value is -2.34. The number of nitrogens with one attached hydrogen (secondary N) is 3. The molecule has 1 aliphatic carbocycles. The minimum absolute atomic E-state index is 0.244. The van der Waals surface area contributed by atoms with Crippen molar-refractivity contribution in [2.24, 2.45) is 0 Å². The number of hydrogen-bond acceptors (Lipinski definition) is 10. The fourth-order valence-electron chi connectivity index (χ4n) is 3.50. The van der Waals surface area contributed by atoms with E-state index >= 15 is 0 Å². The fraction of sp³-hybridized carbons (Fsp3) is 0.500. The molecule has 0 saturated heterocycles. The maximum Gasteiger partial charge on any atom is 0.271 e. The van der Waals surface area contributed by atoms with E-state index in [9.17, 15) is 9.90 Å². The van der Waals surface area contributed by atoms with Crippen molar-refractivity contribution in [3.63, 3.8) is 0 Å². The van der Waals surface area contributed by atoms with Gasteiger partial charge in [0.05, 0.1) is 22.4 Å². The first kappa shape index (κ1) is 21.9. The van der Waals surface area contributed by atoms with Crippen LogP contribution in [0.15, 0.2) is 17.5 Å². The van der Waals surface area contributed by atoms with Gasteiger partial charge in [0.1, 0.15) is 16.5 Å². The molecule has 0 unspecified atom stereocenters. The van der Waals surface area contributed by atoms with Gasteiger partial charge >= 0.3 is 0 Å². The Balaban J connectivity index is 1.47. The van der Waals surface area contributed by atoms with Crippen LogP contribution >= 0.6 is 22.9 Å². The Morgan fingerprint density at radius 2 is 2.16 bits per heavy atom. The van der Waals surface area contributed by atoms with Gasteiger partial charge in [0.2, 0.25) is 5.95 Å². The van der Waals surface area contributed by atoms with Gasteiger partial charge in [0, 0.05) is 25.8 Å². The van der Waals surface area contributed by atoms with Crippen LogP contribution < -0.4 is 16.0 Å². The lowest BCUT2D eigenvalue weighted by Gasteiger charge is -2.33. The molecule has 31 heavy (non-hydrogen) atoms. The number of amides is 1. The van der Waals surface area contributed by atoms with Crippen molar-refractivity contribution in [3.05, 3.63) is 23.2 Å². The first-order valence-electron chi connectivity index (χ1n) is 10.2. The summed E-state index contributed by atoms with van der Waals surface area (Å²) in [4.78, 5) is 21.4. The molecule has 4 N–H and O–H groups in total. The molecular weight excluding hydrogens is 436 g/mol. The van der Waals surface area contributed by atoms with Gasteiger partial charge in [-0.2, -0.15) is 9.36 Å². The summed E-state index contributed by atoms with van der Waals surface area (Å²) in [6.45, 7) is 2.78. The fourth-order valence-corrected chi connectivity index (χ4v) is 4.92. The number of rotatable bonds is 8. The number of methoxy groups -OCH3 is 1. The molecule has 1 fully saturated rings. The molecule has 11 heteroatoms. The van der Waals surface area contributed by atoms with Gasteiger partial charge in [-0.3, -0.25) is 4.79 Å². The number of aliphatic hydroxyl groups is 1. The van der Waals surface area contributed by atoms with E-state index in [1.54, 1.807) is 24.5 Å². The molecule has 166 valence electrons. The van der Waals surface area contributed by atoms with E-state index < -0.39 is 5.60 Å². The number of aromatic nitrogens is 3. The van der Waals surface area contributed by atoms with Gasteiger partial charge in [-0.1, -0.05) is 0 Å². The molecule has 1 aliphatic rings. The lowest BCUT2D eigenvalue weighted by atomic mass is 9.84. The second-order valence-corrected chi connectivity index (χ2v) is 9.62. The van der Waals surface area contributed by atoms with Crippen molar-refractivity contribution < 1.29 is 14.6 Å². The van der Waals surface area contributed by atoms with E-state index in [1.807, 2.05) is 18.4 Å². The number of carbonyl (C=O) groups excluding carboxylic acids is 1. The number of anilines is 3. The zero-order valence-electron chi connectivity index (χ0n) is 17.5. The minimum atomic E-state index is -0.575. The molecule has 0 radical (unpaired) electrons. The monoisotopic (exact) mass is 462 g/mol. The Kier molecular flexibility index (Phi) is 6.65. The van der Waals surface area contributed by atoms with Crippen LogP contribution in [-0.4, -0.2) is 57.3 Å². The molecular formula is C20H26N6O3S2. The summed E-state index contributed by atoms with van der Waals surface area (Å²) in [6.07, 6.45) is 3.32. The van der Waals surface area contributed by atoms with Gasteiger partial charge in [0.25, 0.3) is 5.91 Å². The maximum atomic E-state index is 12.1. The van der Waals surface area contributed by atoms with Crippen molar-refractivity contribution in [2.75, 3.05) is 30.9 Å². The highest BCUT2D eigenvalue weighted by atomic mass is 32.1. The van der Waals surface area contributed by atoms with Crippen LogP contribution in [0.5, 0.6) is 0 Å². The van der Waals surface area contributed by atoms with Crippen molar-refractivity contribution >= 4 is 55.8 Å². The highest BCUT2D eigenvalue weighted by molar-refractivity contribution is 7.17. The minimum Gasteiger partial charge on any atom is -0.390 e. The van der Waals surface area contributed by atoms with Gasteiger partial charge in [-0.25, -0.2) is 4.98 Å². The Bertz CT molecular complexity index is 1040. The topological polar surface area (TPSA) is 121 Å². The summed E-state index contributed by atoms with van der Waals surface area (Å²) in [5.41, 5.74) is 0.622. The van der Waals surface area contributed by atoms with E-state index in [2.05, 4.69) is 25.3 Å². The smallest absolute Gasteiger partial charge is 0.271 e. The standard InChI is InChI=1S/C20H26N6O3S2/c1-20(28)6-3-12(4-7-20)22-17-16-13(5-10-30-16)23-19(25-17)24-15-11-14(26-31-15)18(27)21-8-9-29-2/h5,10-12,28H,3-4,6-9H2,1-2H3,(H,21,27)(H2,22,23,24,25). The largest absolute Gasteiger partial charge is 0.390 e.